The van der Waals surface area contributed by atoms with Crippen LogP contribution in [0, 0.1) is 0 Å². The van der Waals surface area contributed by atoms with E-state index in [1.807, 2.05) is 61.5 Å². The Morgan fingerprint density at radius 2 is 1.81 bits per heavy atom. The summed E-state index contributed by atoms with van der Waals surface area (Å²) in [4.78, 5) is 0. The topological polar surface area (TPSA) is 54.9 Å². The lowest BCUT2D eigenvalue weighted by atomic mass is 10.2. The molecule has 0 amide bonds. The standard InChI is InChI=1S/C23H21Cl2N3O2S/c1-2-29-22-12-16(14-26-28-23(31)27-19-6-4-3-5-7-19)8-11-21(22)30-15-17-9-10-18(24)13-20(17)25/h3-14H,2,15H2,1H3,(H2,27,28,31). The Hall–Kier alpha value is -2.80. The number of halogens is 2. The van der Waals surface area contributed by atoms with Crippen molar-refractivity contribution in [1.82, 2.24) is 5.43 Å². The molecule has 3 aromatic rings. The summed E-state index contributed by atoms with van der Waals surface area (Å²) in [6.07, 6.45) is 1.65. The average molecular weight is 474 g/mol. The predicted molar refractivity (Wildman–Crippen MR) is 132 cm³/mol. The van der Waals surface area contributed by atoms with Gasteiger partial charge in [0.05, 0.1) is 12.8 Å². The first-order valence-electron chi connectivity index (χ1n) is 9.54. The number of anilines is 1. The van der Waals surface area contributed by atoms with Gasteiger partial charge in [-0.1, -0.05) is 47.5 Å². The normalized spacial score (nSPS) is 10.7. The van der Waals surface area contributed by atoms with Gasteiger partial charge in [0.25, 0.3) is 0 Å². The maximum atomic E-state index is 6.22. The molecule has 0 aromatic heterocycles. The molecule has 0 aliphatic rings. The van der Waals surface area contributed by atoms with Crippen molar-refractivity contribution in [3.8, 4) is 11.5 Å². The van der Waals surface area contributed by atoms with Crippen molar-refractivity contribution < 1.29 is 9.47 Å². The van der Waals surface area contributed by atoms with Gasteiger partial charge in [0, 0.05) is 21.3 Å². The number of rotatable bonds is 8. The summed E-state index contributed by atoms with van der Waals surface area (Å²) < 4.78 is 11.6. The number of hydrogen-bond donors (Lipinski definition) is 2. The third-order valence-corrected chi connectivity index (χ3v) is 4.86. The van der Waals surface area contributed by atoms with E-state index in [0.717, 1.165) is 16.8 Å². The molecule has 3 aromatic carbocycles. The highest BCUT2D eigenvalue weighted by molar-refractivity contribution is 7.80. The largest absolute Gasteiger partial charge is 0.490 e. The molecule has 31 heavy (non-hydrogen) atoms. The van der Waals surface area contributed by atoms with Crippen molar-refractivity contribution in [1.29, 1.82) is 0 Å². The lowest BCUT2D eigenvalue weighted by Crippen LogP contribution is -2.23. The average Bonchev–Trinajstić information content (AvgIpc) is 2.75. The number of benzene rings is 3. The van der Waals surface area contributed by atoms with Gasteiger partial charge in [-0.2, -0.15) is 5.10 Å². The molecule has 160 valence electrons. The predicted octanol–water partition coefficient (Wildman–Crippen LogP) is 6.29. The molecule has 0 bridgehead atoms. The van der Waals surface area contributed by atoms with E-state index in [1.165, 1.54) is 0 Å². The van der Waals surface area contributed by atoms with Gasteiger partial charge in [-0.05, 0) is 67.2 Å². The number of nitrogens with zero attached hydrogens (tertiary/aromatic N) is 1. The fourth-order valence-corrected chi connectivity index (χ4v) is 3.27. The van der Waals surface area contributed by atoms with Crippen LogP contribution in [0.15, 0.2) is 71.8 Å². The molecule has 8 heteroatoms. The fourth-order valence-electron chi connectivity index (χ4n) is 2.63. The SMILES string of the molecule is CCOc1cc(C=NNC(=S)Nc2ccccc2)ccc1OCc1ccc(Cl)cc1Cl. The van der Waals surface area contributed by atoms with Crippen LogP contribution in [0.4, 0.5) is 5.69 Å². The number of thiocarbonyl (C=S) groups is 1. The van der Waals surface area contributed by atoms with E-state index in [4.69, 9.17) is 44.9 Å². The summed E-state index contributed by atoms with van der Waals surface area (Å²) >= 11 is 17.4. The molecular formula is C23H21Cl2N3O2S. The molecule has 0 atom stereocenters. The van der Waals surface area contributed by atoms with E-state index in [9.17, 15) is 0 Å². The molecule has 0 saturated carbocycles. The molecule has 3 rings (SSSR count). The molecule has 0 saturated heterocycles. The molecule has 0 fully saturated rings. The maximum absolute atomic E-state index is 6.22. The van der Waals surface area contributed by atoms with E-state index in [-0.39, 0.29) is 0 Å². The minimum absolute atomic E-state index is 0.296. The monoisotopic (exact) mass is 473 g/mol. The lowest BCUT2D eigenvalue weighted by molar-refractivity contribution is 0.269. The van der Waals surface area contributed by atoms with Crippen molar-refractivity contribution >= 4 is 52.4 Å². The van der Waals surface area contributed by atoms with Gasteiger partial charge in [-0.3, -0.25) is 5.43 Å². The van der Waals surface area contributed by atoms with Gasteiger partial charge in [0.15, 0.2) is 16.6 Å². The minimum atomic E-state index is 0.296. The Labute approximate surface area is 197 Å². The summed E-state index contributed by atoms with van der Waals surface area (Å²) in [5.41, 5.74) is 5.35. The highest BCUT2D eigenvalue weighted by Gasteiger charge is 2.08. The molecule has 0 aliphatic heterocycles. The highest BCUT2D eigenvalue weighted by Crippen LogP contribution is 2.30. The molecule has 2 N–H and O–H groups in total. The van der Waals surface area contributed by atoms with Crippen LogP contribution in [-0.4, -0.2) is 17.9 Å². The van der Waals surface area contributed by atoms with E-state index < -0.39 is 0 Å². The Bertz CT molecular complexity index is 1060. The van der Waals surface area contributed by atoms with E-state index >= 15 is 0 Å². The summed E-state index contributed by atoms with van der Waals surface area (Å²) in [7, 11) is 0. The molecule has 5 nitrogen and oxygen atoms in total. The van der Waals surface area contributed by atoms with Crippen LogP contribution >= 0.6 is 35.4 Å². The molecule has 0 aliphatic carbocycles. The minimum Gasteiger partial charge on any atom is -0.490 e. The van der Waals surface area contributed by atoms with Crippen LogP contribution in [0.5, 0.6) is 11.5 Å². The molecule has 0 spiro atoms. The number of hydrogen-bond acceptors (Lipinski definition) is 4. The highest BCUT2D eigenvalue weighted by atomic mass is 35.5. The number of hydrazone groups is 1. The summed E-state index contributed by atoms with van der Waals surface area (Å²) in [5.74, 6) is 1.22. The second-order valence-corrected chi connectivity index (χ2v) is 7.61. The van der Waals surface area contributed by atoms with Crippen molar-refractivity contribution in [3.05, 3.63) is 87.9 Å². The van der Waals surface area contributed by atoms with E-state index in [2.05, 4.69) is 15.8 Å². The first-order valence-corrected chi connectivity index (χ1v) is 10.7. The quantitative estimate of drug-likeness (QED) is 0.228. The summed E-state index contributed by atoms with van der Waals surface area (Å²) in [6.45, 7) is 2.71. The van der Waals surface area contributed by atoms with Crippen molar-refractivity contribution in [2.24, 2.45) is 5.10 Å². The zero-order chi connectivity index (χ0) is 22.1. The molecule has 0 unspecified atom stereocenters. The van der Waals surface area contributed by atoms with E-state index in [1.54, 1.807) is 18.3 Å². The third kappa shape index (κ3) is 7.14. The Morgan fingerprint density at radius 1 is 1.00 bits per heavy atom. The van der Waals surface area contributed by atoms with Gasteiger partial charge in [-0.25, -0.2) is 0 Å². The van der Waals surface area contributed by atoms with Gasteiger partial charge in [0.1, 0.15) is 6.61 Å². The zero-order valence-electron chi connectivity index (χ0n) is 16.8. The van der Waals surface area contributed by atoms with Crippen LogP contribution in [0.3, 0.4) is 0 Å². The molecular weight excluding hydrogens is 453 g/mol. The zero-order valence-corrected chi connectivity index (χ0v) is 19.1. The van der Waals surface area contributed by atoms with Gasteiger partial charge in [-0.15, -0.1) is 0 Å². The van der Waals surface area contributed by atoms with Crippen LogP contribution in [-0.2, 0) is 6.61 Å². The first kappa shape index (κ1) is 22.9. The van der Waals surface area contributed by atoms with Crippen molar-refractivity contribution in [2.45, 2.75) is 13.5 Å². The van der Waals surface area contributed by atoms with Crippen molar-refractivity contribution in [2.75, 3.05) is 11.9 Å². The van der Waals surface area contributed by atoms with Crippen LogP contribution < -0.4 is 20.2 Å². The smallest absolute Gasteiger partial charge is 0.191 e. The number of nitrogens with one attached hydrogen (secondary N) is 2. The lowest BCUT2D eigenvalue weighted by Gasteiger charge is -2.13. The second kappa shape index (κ2) is 11.6. The van der Waals surface area contributed by atoms with Gasteiger partial charge in [0.2, 0.25) is 0 Å². The third-order valence-electron chi connectivity index (χ3n) is 4.08. The summed E-state index contributed by atoms with van der Waals surface area (Å²) in [5, 5.41) is 8.76. The molecule has 0 heterocycles. The second-order valence-electron chi connectivity index (χ2n) is 6.35. The van der Waals surface area contributed by atoms with Gasteiger partial charge >= 0.3 is 0 Å². The first-order chi connectivity index (χ1) is 15.0. The number of ether oxygens (including phenoxy) is 2. The van der Waals surface area contributed by atoms with Crippen LogP contribution in [0.25, 0.3) is 0 Å². The summed E-state index contributed by atoms with van der Waals surface area (Å²) in [6, 6.07) is 20.5. The Balaban J connectivity index is 1.62. The Morgan fingerprint density at radius 3 is 2.55 bits per heavy atom. The maximum Gasteiger partial charge on any atom is 0.191 e. The van der Waals surface area contributed by atoms with Crippen molar-refractivity contribution in [3.63, 3.8) is 0 Å². The van der Waals surface area contributed by atoms with E-state index in [0.29, 0.717) is 39.9 Å². The molecule has 0 radical (unpaired) electrons. The Kier molecular flexibility index (Phi) is 8.53. The van der Waals surface area contributed by atoms with Gasteiger partial charge < -0.3 is 14.8 Å². The van der Waals surface area contributed by atoms with Crippen LogP contribution in [0.1, 0.15) is 18.1 Å². The van der Waals surface area contributed by atoms with Crippen LogP contribution in [0.2, 0.25) is 10.0 Å². The fraction of sp³-hybridized carbons (Fsp3) is 0.130. The number of para-hydroxylation sites is 1.